The number of carbonyl (C=O) groups is 1. The molecule has 118 valence electrons. The molecule has 1 fully saturated rings. The normalized spacial score (nSPS) is 17.6. The van der Waals surface area contributed by atoms with Gasteiger partial charge in [0.2, 0.25) is 0 Å². The Bertz CT molecular complexity index is 274. The molecular formula is C15H31N3O2. The molecule has 0 aromatic heterocycles. The van der Waals surface area contributed by atoms with E-state index in [0.29, 0.717) is 38.3 Å². The minimum absolute atomic E-state index is 0.0502. The molecule has 5 nitrogen and oxygen atoms in total. The maximum absolute atomic E-state index is 12.1. The summed E-state index contributed by atoms with van der Waals surface area (Å²) in [6.45, 7) is 14.3. The summed E-state index contributed by atoms with van der Waals surface area (Å²) in [5.74, 6) is 0.640. The number of carbonyl (C=O) groups excluding carboxylic acids is 1. The predicted molar refractivity (Wildman–Crippen MR) is 82.0 cm³/mol. The fourth-order valence-corrected chi connectivity index (χ4v) is 2.73. The highest BCUT2D eigenvalue weighted by molar-refractivity contribution is 5.74. The summed E-state index contributed by atoms with van der Waals surface area (Å²) in [6, 6.07) is 0.476. The van der Waals surface area contributed by atoms with Crippen molar-refractivity contribution in [3.8, 4) is 0 Å². The number of amides is 2. The second-order valence-corrected chi connectivity index (χ2v) is 5.79. The number of hydrogen-bond acceptors (Lipinski definition) is 3. The number of hydrogen-bond donors (Lipinski definition) is 1. The van der Waals surface area contributed by atoms with Crippen LogP contribution in [-0.2, 0) is 4.74 Å². The number of nitrogens with one attached hydrogen (secondary N) is 1. The van der Waals surface area contributed by atoms with Crippen molar-refractivity contribution in [3.63, 3.8) is 0 Å². The van der Waals surface area contributed by atoms with E-state index in [1.807, 2.05) is 4.90 Å². The maximum atomic E-state index is 12.1. The van der Waals surface area contributed by atoms with Crippen LogP contribution in [0.3, 0.4) is 0 Å². The lowest BCUT2D eigenvalue weighted by Gasteiger charge is -2.33. The fraction of sp³-hybridized carbons (Fsp3) is 0.933. The molecule has 20 heavy (non-hydrogen) atoms. The molecule has 0 saturated carbocycles. The average Bonchev–Trinajstić information content (AvgIpc) is 2.45. The van der Waals surface area contributed by atoms with Gasteiger partial charge in [-0.1, -0.05) is 27.7 Å². The van der Waals surface area contributed by atoms with Gasteiger partial charge in [0, 0.05) is 25.7 Å². The maximum Gasteiger partial charge on any atom is 0.317 e. The Labute approximate surface area is 123 Å². The van der Waals surface area contributed by atoms with Crippen LogP contribution < -0.4 is 5.32 Å². The zero-order valence-electron chi connectivity index (χ0n) is 13.5. The SMILES string of the molecule is CCN(CC)[C@@H](CNC(=O)N1CCOCC1)CC(C)C. The van der Waals surface area contributed by atoms with E-state index in [1.54, 1.807) is 0 Å². The van der Waals surface area contributed by atoms with Crippen LogP contribution in [0, 0.1) is 5.92 Å². The Kier molecular flexibility index (Phi) is 7.92. The molecule has 0 aliphatic carbocycles. The number of ether oxygens (including phenoxy) is 1. The summed E-state index contributed by atoms with van der Waals surface area (Å²) in [7, 11) is 0. The number of rotatable bonds is 7. The van der Waals surface area contributed by atoms with Gasteiger partial charge in [-0.05, 0) is 25.4 Å². The molecule has 1 aliphatic rings. The van der Waals surface area contributed by atoms with E-state index >= 15 is 0 Å². The monoisotopic (exact) mass is 285 g/mol. The molecule has 0 aromatic rings. The molecule has 5 heteroatoms. The van der Waals surface area contributed by atoms with Crippen LogP contribution in [0.25, 0.3) is 0 Å². The Morgan fingerprint density at radius 3 is 2.35 bits per heavy atom. The lowest BCUT2D eigenvalue weighted by molar-refractivity contribution is 0.0525. The first-order chi connectivity index (χ1) is 9.58. The summed E-state index contributed by atoms with van der Waals surface area (Å²) >= 11 is 0. The highest BCUT2D eigenvalue weighted by Crippen LogP contribution is 2.11. The van der Waals surface area contributed by atoms with Gasteiger partial charge < -0.3 is 15.0 Å². The number of urea groups is 1. The van der Waals surface area contributed by atoms with E-state index in [0.717, 1.165) is 26.1 Å². The number of likely N-dealkylation sites (N-methyl/N-ethyl adjacent to an activating group) is 1. The Morgan fingerprint density at radius 1 is 1.25 bits per heavy atom. The third-order valence-electron chi connectivity index (χ3n) is 3.86. The third-order valence-corrected chi connectivity index (χ3v) is 3.86. The first-order valence-electron chi connectivity index (χ1n) is 7.93. The smallest absolute Gasteiger partial charge is 0.317 e. The van der Waals surface area contributed by atoms with Crippen LogP contribution in [0.1, 0.15) is 34.1 Å². The minimum atomic E-state index is 0.0502. The van der Waals surface area contributed by atoms with E-state index in [9.17, 15) is 4.79 Å². The van der Waals surface area contributed by atoms with Crippen molar-refractivity contribution in [2.45, 2.75) is 40.2 Å². The first-order valence-corrected chi connectivity index (χ1v) is 7.93. The van der Waals surface area contributed by atoms with Crippen molar-refractivity contribution in [2.24, 2.45) is 5.92 Å². The van der Waals surface area contributed by atoms with Gasteiger partial charge in [0.1, 0.15) is 0 Å². The van der Waals surface area contributed by atoms with Crippen molar-refractivity contribution < 1.29 is 9.53 Å². The minimum Gasteiger partial charge on any atom is -0.378 e. The van der Waals surface area contributed by atoms with Crippen LogP contribution in [-0.4, -0.2) is 67.8 Å². The van der Waals surface area contributed by atoms with Crippen LogP contribution >= 0.6 is 0 Å². The van der Waals surface area contributed by atoms with Crippen molar-refractivity contribution in [3.05, 3.63) is 0 Å². The van der Waals surface area contributed by atoms with Crippen molar-refractivity contribution in [2.75, 3.05) is 45.9 Å². The van der Waals surface area contributed by atoms with Crippen LogP contribution in [0.15, 0.2) is 0 Å². The number of nitrogens with zero attached hydrogens (tertiary/aromatic N) is 2. The average molecular weight is 285 g/mol. The zero-order chi connectivity index (χ0) is 15.0. The van der Waals surface area contributed by atoms with E-state index in [4.69, 9.17) is 4.74 Å². The van der Waals surface area contributed by atoms with E-state index in [2.05, 4.69) is 37.9 Å². The number of morpholine rings is 1. The van der Waals surface area contributed by atoms with Crippen LogP contribution in [0.2, 0.25) is 0 Å². The van der Waals surface area contributed by atoms with Crippen molar-refractivity contribution >= 4 is 6.03 Å². The first kappa shape index (κ1) is 17.2. The fourth-order valence-electron chi connectivity index (χ4n) is 2.73. The lowest BCUT2D eigenvalue weighted by atomic mass is 10.0. The standard InChI is InChI=1S/C15H31N3O2/c1-5-17(6-2)14(11-13(3)4)12-16-15(19)18-7-9-20-10-8-18/h13-14H,5-12H2,1-4H3,(H,16,19)/t14-/m1/s1. The third kappa shape index (κ3) is 5.67. The summed E-state index contributed by atoms with van der Waals surface area (Å²) < 4.78 is 5.27. The topological polar surface area (TPSA) is 44.8 Å². The second-order valence-electron chi connectivity index (χ2n) is 5.79. The second kappa shape index (κ2) is 9.19. The Balaban J connectivity index is 2.45. The van der Waals surface area contributed by atoms with Gasteiger partial charge in [0.05, 0.1) is 13.2 Å². The van der Waals surface area contributed by atoms with E-state index in [-0.39, 0.29) is 6.03 Å². The van der Waals surface area contributed by atoms with Gasteiger partial charge >= 0.3 is 6.03 Å². The Hall–Kier alpha value is -0.810. The molecule has 2 amide bonds. The van der Waals surface area contributed by atoms with Gasteiger partial charge in [-0.25, -0.2) is 4.79 Å². The van der Waals surface area contributed by atoms with Gasteiger partial charge in [0.15, 0.2) is 0 Å². The highest BCUT2D eigenvalue weighted by Gasteiger charge is 2.21. The molecule has 0 spiro atoms. The van der Waals surface area contributed by atoms with Gasteiger partial charge in [-0.15, -0.1) is 0 Å². The van der Waals surface area contributed by atoms with Gasteiger partial charge in [0.25, 0.3) is 0 Å². The van der Waals surface area contributed by atoms with Crippen LogP contribution in [0.5, 0.6) is 0 Å². The highest BCUT2D eigenvalue weighted by atomic mass is 16.5. The molecule has 1 N–H and O–H groups in total. The van der Waals surface area contributed by atoms with Gasteiger partial charge in [-0.3, -0.25) is 4.90 Å². The Morgan fingerprint density at radius 2 is 1.85 bits per heavy atom. The van der Waals surface area contributed by atoms with Crippen molar-refractivity contribution in [1.29, 1.82) is 0 Å². The molecule has 1 atom stereocenters. The van der Waals surface area contributed by atoms with Crippen LogP contribution in [0.4, 0.5) is 4.79 Å². The molecule has 1 heterocycles. The van der Waals surface area contributed by atoms with E-state index in [1.165, 1.54) is 0 Å². The lowest BCUT2D eigenvalue weighted by Crippen LogP contribution is -2.50. The van der Waals surface area contributed by atoms with E-state index < -0.39 is 0 Å². The molecule has 0 unspecified atom stereocenters. The molecule has 0 radical (unpaired) electrons. The largest absolute Gasteiger partial charge is 0.378 e. The quantitative estimate of drug-likeness (QED) is 0.775. The molecule has 1 aliphatic heterocycles. The summed E-state index contributed by atoms with van der Waals surface area (Å²) in [5.41, 5.74) is 0. The summed E-state index contributed by atoms with van der Waals surface area (Å²) in [6.07, 6.45) is 1.12. The molecule has 0 bridgehead atoms. The molecule has 1 saturated heterocycles. The summed E-state index contributed by atoms with van der Waals surface area (Å²) in [4.78, 5) is 16.4. The van der Waals surface area contributed by atoms with Crippen molar-refractivity contribution in [1.82, 2.24) is 15.1 Å². The molecular weight excluding hydrogens is 254 g/mol. The predicted octanol–water partition coefficient (Wildman–Crippen LogP) is 1.78. The molecule has 1 rings (SSSR count). The summed E-state index contributed by atoms with van der Waals surface area (Å²) in [5, 5.41) is 3.10. The molecule has 0 aromatic carbocycles. The zero-order valence-corrected chi connectivity index (χ0v) is 13.5. The van der Waals surface area contributed by atoms with Gasteiger partial charge in [-0.2, -0.15) is 0 Å².